The summed E-state index contributed by atoms with van der Waals surface area (Å²) in [6.45, 7) is 6.22. The van der Waals surface area contributed by atoms with Crippen LogP contribution in [0.2, 0.25) is 0 Å². The Morgan fingerprint density at radius 1 is 0.926 bits per heavy atom. The largest absolute Gasteiger partial charge is 0.366 e. The molecule has 0 atom stereocenters. The minimum absolute atomic E-state index is 0.319. The van der Waals surface area contributed by atoms with Crippen molar-refractivity contribution in [2.45, 2.75) is 32.2 Å². The molecule has 2 aromatic carbocycles. The zero-order valence-corrected chi connectivity index (χ0v) is 16.5. The fourth-order valence-corrected chi connectivity index (χ4v) is 4.64. The molecule has 3 aromatic rings. The van der Waals surface area contributed by atoms with Gasteiger partial charge < -0.3 is 5.32 Å². The Morgan fingerprint density at radius 3 is 2.19 bits per heavy atom. The van der Waals surface area contributed by atoms with Crippen LogP contribution in [0, 0.1) is 20.8 Å². The normalized spacial score (nSPS) is 11.2. The number of pyridine rings is 1. The van der Waals surface area contributed by atoms with E-state index in [2.05, 4.69) is 15.0 Å². The van der Waals surface area contributed by atoms with Gasteiger partial charge in [-0.1, -0.05) is 48.0 Å². The fourth-order valence-electron chi connectivity index (χ4n) is 3.14. The Kier molecular flexibility index (Phi) is 5.46. The maximum atomic E-state index is 12.8. The van der Waals surface area contributed by atoms with Crippen LogP contribution in [0.1, 0.15) is 22.3 Å². The Morgan fingerprint density at radius 2 is 1.59 bits per heavy atom. The summed E-state index contributed by atoms with van der Waals surface area (Å²) in [6, 6.07) is 17.2. The van der Waals surface area contributed by atoms with Gasteiger partial charge in [0, 0.05) is 6.54 Å². The number of sulfonamides is 1. The highest BCUT2D eigenvalue weighted by atomic mass is 32.2. The molecular formula is C21H23N3O2S. The number of hydrogen-bond acceptors (Lipinski definition) is 4. The van der Waals surface area contributed by atoms with Crippen molar-refractivity contribution >= 4 is 21.5 Å². The molecule has 0 aliphatic rings. The molecule has 27 heavy (non-hydrogen) atoms. The van der Waals surface area contributed by atoms with Crippen molar-refractivity contribution in [1.29, 1.82) is 0 Å². The number of nitrogens with one attached hydrogen (secondary N) is 2. The predicted molar refractivity (Wildman–Crippen MR) is 109 cm³/mol. The third-order valence-corrected chi connectivity index (χ3v) is 5.89. The first kappa shape index (κ1) is 18.9. The second-order valence-corrected chi connectivity index (χ2v) is 8.22. The predicted octanol–water partition coefficient (Wildman–Crippen LogP) is 4.42. The van der Waals surface area contributed by atoms with Crippen LogP contribution in [0.3, 0.4) is 0 Å². The first-order chi connectivity index (χ1) is 12.8. The first-order valence-electron chi connectivity index (χ1n) is 8.70. The standard InChI is InChI=1S/C21H23N3O2S/c1-15-11-16(2)21(17(3)12-15)27(25,26)24-19-9-10-20(23-14-19)22-13-18-7-5-4-6-8-18/h4-12,14,24H,13H2,1-3H3,(H,22,23). The van der Waals surface area contributed by atoms with Crippen LogP contribution in [0.4, 0.5) is 11.5 Å². The van der Waals surface area contributed by atoms with Gasteiger partial charge in [0.2, 0.25) is 0 Å². The van der Waals surface area contributed by atoms with Crippen molar-refractivity contribution in [3.63, 3.8) is 0 Å². The van der Waals surface area contributed by atoms with Crippen molar-refractivity contribution in [3.05, 3.63) is 83.0 Å². The van der Waals surface area contributed by atoms with Gasteiger partial charge in [0.1, 0.15) is 5.82 Å². The number of nitrogens with zero attached hydrogens (tertiary/aromatic N) is 1. The van der Waals surface area contributed by atoms with E-state index in [1.807, 2.05) is 63.2 Å². The van der Waals surface area contributed by atoms with Gasteiger partial charge in [0.05, 0.1) is 16.8 Å². The third kappa shape index (κ3) is 4.65. The van der Waals surface area contributed by atoms with Crippen LogP contribution in [-0.2, 0) is 16.6 Å². The van der Waals surface area contributed by atoms with Gasteiger partial charge in [-0.05, 0) is 49.6 Å². The van der Waals surface area contributed by atoms with E-state index >= 15 is 0 Å². The fraction of sp³-hybridized carbons (Fsp3) is 0.190. The summed E-state index contributed by atoms with van der Waals surface area (Å²) < 4.78 is 28.2. The second kappa shape index (κ2) is 7.80. The summed E-state index contributed by atoms with van der Waals surface area (Å²) in [5, 5.41) is 3.22. The van der Waals surface area contributed by atoms with Gasteiger partial charge in [-0.25, -0.2) is 13.4 Å². The van der Waals surface area contributed by atoms with E-state index in [4.69, 9.17) is 0 Å². The second-order valence-electron chi connectivity index (χ2n) is 6.60. The molecule has 6 heteroatoms. The molecule has 0 fully saturated rings. The van der Waals surface area contributed by atoms with Crippen LogP contribution in [0.25, 0.3) is 0 Å². The van der Waals surface area contributed by atoms with E-state index in [0.29, 0.717) is 22.9 Å². The van der Waals surface area contributed by atoms with Crippen molar-refractivity contribution in [1.82, 2.24) is 4.98 Å². The number of rotatable bonds is 6. The molecule has 2 N–H and O–H groups in total. The molecule has 0 aliphatic heterocycles. The number of anilines is 2. The molecule has 5 nitrogen and oxygen atoms in total. The number of benzene rings is 2. The van der Waals surface area contributed by atoms with E-state index in [1.165, 1.54) is 6.20 Å². The van der Waals surface area contributed by atoms with Gasteiger partial charge in [0.15, 0.2) is 0 Å². The molecule has 0 radical (unpaired) electrons. The van der Waals surface area contributed by atoms with E-state index in [9.17, 15) is 8.42 Å². The molecular weight excluding hydrogens is 358 g/mol. The van der Waals surface area contributed by atoms with Crippen molar-refractivity contribution < 1.29 is 8.42 Å². The van der Waals surface area contributed by atoms with Gasteiger partial charge in [0.25, 0.3) is 10.0 Å². The van der Waals surface area contributed by atoms with Crippen LogP contribution in [0.15, 0.2) is 65.7 Å². The molecule has 0 aliphatic carbocycles. The molecule has 0 amide bonds. The molecule has 0 spiro atoms. The lowest BCUT2D eigenvalue weighted by molar-refractivity contribution is 0.600. The summed E-state index contributed by atoms with van der Waals surface area (Å²) in [4.78, 5) is 4.61. The Hall–Kier alpha value is -2.86. The topological polar surface area (TPSA) is 71.1 Å². The third-order valence-electron chi connectivity index (χ3n) is 4.21. The smallest absolute Gasteiger partial charge is 0.262 e. The Labute approximate surface area is 160 Å². The summed E-state index contributed by atoms with van der Waals surface area (Å²) in [5.41, 5.74) is 4.08. The monoisotopic (exact) mass is 381 g/mol. The molecule has 1 aromatic heterocycles. The average Bonchev–Trinajstić information content (AvgIpc) is 2.60. The quantitative estimate of drug-likeness (QED) is 0.663. The van der Waals surface area contributed by atoms with Gasteiger partial charge in [-0.2, -0.15) is 0 Å². The lowest BCUT2D eigenvalue weighted by atomic mass is 10.1. The Balaban J connectivity index is 1.72. The van der Waals surface area contributed by atoms with Crippen LogP contribution >= 0.6 is 0 Å². The highest BCUT2D eigenvalue weighted by Crippen LogP contribution is 2.24. The number of aryl methyl sites for hydroxylation is 3. The first-order valence-corrected chi connectivity index (χ1v) is 10.2. The average molecular weight is 382 g/mol. The van der Waals surface area contributed by atoms with E-state index in [-0.39, 0.29) is 0 Å². The summed E-state index contributed by atoms with van der Waals surface area (Å²) in [5.74, 6) is 0.685. The molecule has 1 heterocycles. The highest BCUT2D eigenvalue weighted by Gasteiger charge is 2.20. The molecule has 0 bridgehead atoms. The van der Waals surface area contributed by atoms with Gasteiger partial charge in [-0.3, -0.25) is 4.72 Å². The molecule has 3 rings (SSSR count). The van der Waals surface area contributed by atoms with Gasteiger partial charge >= 0.3 is 0 Å². The van der Waals surface area contributed by atoms with Crippen LogP contribution in [-0.4, -0.2) is 13.4 Å². The Bertz CT molecular complexity index is 1010. The zero-order chi connectivity index (χ0) is 19.4. The van der Waals surface area contributed by atoms with Crippen molar-refractivity contribution in [2.75, 3.05) is 10.0 Å². The number of aromatic nitrogens is 1. The van der Waals surface area contributed by atoms with E-state index in [1.54, 1.807) is 12.1 Å². The van der Waals surface area contributed by atoms with Crippen molar-refractivity contribution in [2.24, 2.45) is 0 Å². The highest BCUT2D eigenvalue weighted by molar-refractivity contribution is 7.92. The van der Waals surface area contributed by atoms with Crippen molar-refractivity contribution in [3.8, 4) is 0 Å². The molecule has 0 saturated carbocycles. The maximum Gasteiger partial charge on any atom is 0.262 e. The number of hydrogen-bond donors (Lipinski definition) is 2. The molecule has 0 unspecified atom stereocenters. The molecule has 140 valence electrons. The summed E-state index contributed by atoms with van der Waals surface area (Å²) in [7, 11) is -3.67. The SMILES string of the molecule is Cc1cc(C)c(S(=O)(=O)Nc2ccc(NCc3ccccc3)nc2)c(C)c1. The van der Waals surface area contributed by atoms with E-state index < -0.39 is 10.0 Å². The molecule has 0 saturated heterocycles. The minimum Gasteiger partial charge on any atom is -0.366 e. The maximum absolute atomic E-state index is 12.8. The van der Waals surface area contributed by atoms with Gasteiger partial charge in [-0.15, -0.1) is 0 Å². The summed E-state index contributed by atoms with van der Waals surface area (Å²) in [6.07, 6.45) is 1.52. The lowest BCUT2D eigenvalue weighted by Crippen LogP contribution is -2.16. The van der Waals surface area contributed by atoms with E-state index in [0.717, 1.165) is 22.3 Å². The lowest BCUT2D eigenvalue weighted by Gasteiger charge is -2.14. The van der Waals surface area contributed by atoms with Crippen LogP contribution in [0.5, 0.6) is 0 Å². The summed E-state index contributed by atoms with van der Waals surface area (Å²) >= 11 is 0. The zero-order valence-electron chi connectivity index (χ0n) is 15.7. The van der Waals surface area contributed by atoms with Crippen LogP contribution < -0.4 is 10.0 Å². The minimum atomic E-state index is -3.67.